The van der Waals surface area contributed by atoms with Crippen molar-refractivity contribution in [2.24, 2.45) is 0 Å². The third kappa shape index (κ3) is 0.988. The molecule has 1 rings (SSSR count). The van der Waals surface area contributed by atoms with E-state index in [2.05, 4.69) is 17.1 Å². The molecule has 3 nitrogen and oxygen atoms in total. The lowest BCUT2D eigenvalue weighted by Crippen LogP contribution is -1.87. The van der Waals surface area contributed by atoms with E-state index >= 15 is 0 Å². The Morgan fingerprint density at radius 3 is 2.80 bits per heavy atom. The molecule has 1 aromatic rings. The normalized spacial score (nSPS) is 9.90. The van der Waals surface area contributed by atoms with Gasteiger partial charge >= 0.3 is 0 Å². The smallest absolute Gasteiger partial charge is 0.162 e. The van der Waals surface area contributed by atoms with Crippen LogP contribution in [0.2, 0.25) is 0 Å². The summed E-state index contributed by atoms with van der Waals surface area (Å²) in [4.78, 5) is 0. The Labute approximate surface area is 61.9 Å². The maximum atomic E-state index is 5.11. The lowest BCUT2D eigenvalue weighted by molar-refractivity contribution is 0.407. The molecule has 0 fully saturated rings. The largest absolute Gasteiger partial charge is 0.493 e. The van der Waals surface area contributed by atoms with Crippen molar-refractivity contribution >= 4 is 0 Å². The number of nitrogens with one attached hydrogen (secondary N) is 1. The van der Waals surface area contributed by atoms with Crippen LogP contribution < -0.4 is 4.74 Å². The second-order valence-corrected chi connectivity index (χ2v) is 2.18. The van der Waals surface area contributed by atoms with Gasteiger partial charge in [-0.15, -0.1) is 0 Å². The van der Waals surface area contributed by atoms with Crippen LogP contribution in [0, 0.1) is 6.92 Å². The van der Waals surface area contributed by atoms with Gasteiger partial charge in [0, 0.05) is 1.43 Å². The zero-order valence-electron chi connectivity index (χ0n) is 6.56. The minimum atomic E-state index is 0. The highest BCUT2D eigenvalue weighted by Gasteiger charge is 2.06. The average molecular weight is 142 g/mol. The van der Waals surface area contributed by atoms with Crippen LogP contribution in [0.1, 0.15) is 19.7 Å². The first kappa shape index (κ1) is 7.12. The van der Waals surface area contributed by atoms with Gasteiger partial charge in [0.1, 0.15) is 5.69 Å². The molecule has 0 aliphatic heterocycles. The fraction of sp³-hybridized carbons (Fsp3) is 0.571. The molecule has 0 unspecified atom stereocenters. The van der Waals surface area contributed by atoms with Gasteiger partial charge in [-0.3, -0.25) is 5.10 Å². The van der Waals surface area contributed by atoms with Crippen LogP contribution in [0.3, 0.4) is 0 Å². The number of aromatic nitrogens is 2. The lowest BCUT2D eigenvalue weighted by atomic mass is 10.3. The fourth-order valence-corrected chi connectivity index (χ4v) is 0.980. The molecule has 1 heterocycles. The summed E-state index contributed by atoms with van der Waals surface area (Å²) >= 11 is 0. The molecule has 0 saturated carbocycles. The predicted octanol–water partition coefficient (Wildman–Crippen LogP) is 1.54. The van der Waals surface area contributed by atoms with Crippen molar-refractivity contribution in [1.82, 2.24) is 10.2 Å². The van der Waals surface area contributed by atoms with E-state index in [1.807, 2.05) is 6.92 Å². The summed E-state index contributed by atoms with van der Waals surface area (Å²) in [6.45, 7) is 4.00. The van der Waals surface area contributed by atoms with E-state index in [9.17, 15) is 0 Å². The molecule has 0 spiro atoms. The number of hydrogen-bond acceptors (Lipinski definition) is 2. The van der Waals surface area contributed by atoms with Crippen LogP contribution in [0.4, 0.5) is 0 Å². The monoisotopic (exact) mass is 142 g/mol. The first-order valence-corrected chi connectivity index (χ1v) is 3.37. The van der Waals surface area contributed by atoms with Crippen LogP contribution in [0.25, 0.3) is 0 Å². The van der Waals surface area contributed by atoms with Crippen molar-refractivity contribution in [3.05, 3.63) is 11.4 Å². The molecule has 0 amide bonds. The van der Waals surface area contributed by atoms with E-state index in [0.717, 1.165) is 23.6 Å². The average Bonchev–Trinajstić information content (AvgIpc) is 2.30. The summed E-state index contributed by atoms with van der Waals surface area (Å²) < 4.78 is 5.11. The van der Waals surface area contributed by atoms with Crippen LogP contribution in [0.5, 0.6) is 5.75 Å². The van der Waals surface area contributed by atoms with E-state index in [-0.39, 0.29) is 1.43 Å². The number of aryl methyl sites for hydroxylation is 2. The second kappa shape index (κ2) is 2.73. The van der Waals surface area contributed by atoms with Crippen LogP contribution >= 0.6 is 0 Å². The molecule has 0 saturated heterocycles. The minimum absolute atomic E-state index is 0. The summed E-state index contributed by atoms with van der Waals surface area (Å²) in [5, 5.41) is 6.92. The molecule has 0 radical (unpaired) electrons. The van der Waals surface area contributed by atoms with Gasteiger partial charge in [0.25, 0.3) is 0 Å². The molecule has 1 aromatic heterocycles. The van der Waals surface area contributed by atoms with Crippen molar-refractivity contribution in [1.29, 1.82) is 0 Å². The molecular formula is C7H14N2O. The Bertz CT molecular complexity index is 222. The number of ether oxygens (including phenoxy) is 1. The van der Waals surface area contributed by atoms with Gasteiger partial charge in [-0.25, -0.2) is 0 Å². The Hall–Kier alpha value is -0.990. The van der Waals surface area contributed by atoms with Gasteiger partial charge in [0.15, 0.2) is 5.75 Å². The molecule has 58 valence electrons. The van der Waals surface area contributed by atoms with Crippen LogP contribution in [0.15, 0.2) is 0 Å². The van der Waals surface area contributed by atoms with Gasteiger partial charge < -0.3 is 4.74 Å². The zero-order chi connectivity index (χ0) is 7.56. The summed E-state index contributed by atoms with van der Waals surface area (Å²) in [6.07, 6.45) is 0.910. The first-order valence-electron chi connectivity index (χ1n) is 3.37. The van der Waals surface area contributed by atoms with Gasteiger partial charge in [0.2, 0.25) is 0 Å². The van der Waals surface area contributed by atoms with E-state index in [4.69, 9.17) is 4.74 Å². The Morgan fingerprint density at radius 1 is 1.70 bits per heavy atom. The van der Waals surface area contributed by atoms with Crippen molar-refractivity contribution < 1.29 is 6.16 Å². The standard InChI is InChI=1S/C7H12N2O.H2/c1-4-6-7(10-3)5(2)8-9-6;/h4H2,1-3H3,(H,8,9);1H. The molecule has 0 atom stereocenters. The number of nitrogens with zero attached hydrogens (tertiary/aromatic N) is 1. The summed E-state index contributed by atoms with van der Waals surface area (Å²) in [7, 11) is 1.66. The third-order valence-corrected chi connectivity index (χ3v) is 1.50. The van der Waals surface area contributed by atoms with Crippen molar-refractivity contribution in [2.45, 2.75) is 20.3 Å². The number of aromatic amines is 1. The zero-order valence-corrected chi connectivity index (χ0v) is 6.56. The maximum Gasteiger partial charge on any atom is 0.162 e. The Balaban J connectivity index is 0.000001000. The topological polar surface area (TPSA) is 37.9 Å². The second-order valence-electron chi connectivity index (χ2n) is 2.18. The highest BCUT2D eigenvalue weighted by atomic mass is 16.5. The predicted molar refractivity (Wildman–Crippen MR) is 41.4 cm³/mol. The molecule has 0 bridgehead atoms. The van der Waals surface area contributed by atoms with E-state index in [1.54, 1.807) is 7.11 Å². The summed E-state index contributed by atoms with van der Waals surface area (Å²) in [6, 6.07) is 0. The highest BCUT2D eigenvalue weighted by Crippen LogP contribution is 2.19. The minimum Gasteiger partial charge on any atom is -0.493 e. The van der Waals surface area contributed by atoms with E-state index in [1.165, 1.54) is 0 Å². The van der Waals surface area contributed by atoms with Crippen molar-refractivity contribution in [3.63, 3.8) is 0 Å². The molecule has 3 heteroatoms. The van der Waals surface area contributed by atoms with Crippen molar-refractivity contribution in [3.8, 4) is 5.75 Å². The number of methoxy groups -OCH3 is 1. The summed E-state index contributed by atoms with van der Waals surface area (Å²) in [5.74, 6) is 0.891. The first-order chi connectivity index (χ1) is 4.79. The Morgan fingerprint density at radius 2 is 2.40 bits per heavy atom. The van der Waals surface area contributed by atoms with Gasteiger partial charge in [0.05, 0.1) is 12.8 Å². The number of hydrogen-bond donors (Lipinski definition) is 1. The van der Waals surface area contributed by atoms with Crippen LogP contribution in [-0.4, -0.2) is 17.3 Å². The fourth-order valence-electron chi connectivity index (χ4n) is 0.980. The lowest BCUT2D eigenvalue weighted by Gasteiger charge is -1.97. The van der Waals surface area contributed by atoms with E-state index in [0.29, 0.717) is 0 Å². The van der Waals surface area contributed by atoms with Crippen molar-refractivity contribution in [2.75, 3.05) is 7.11 Å². The van der Waals surface area contributed by atoms with Gasteiger partial charge in [-0.2, -0.15) is 5.10 Å². The SMILES string of the molecule is CCc1n[nH]c(C)c1OC.[HH]. The molecule has 0 aliphatic rings. The van der Waals surface area contributed by atoms with Gasteiger partial charge in [-0.1, -0.05) is 6.92 Å². The van der Waals surface area contributed by atoms with Crippen LogP contribution in [-0.2, 0) is 6.42 Å². The maximum absolute atomic E-state index is 5.11. The molecule has 10 heavy (non-hydrogen) atoms. The molecule has 0 aromatic carbocycles. The number of H-pyrrole nitrogens is 1. The third-order valence-electron chi connectivity index (χ3n) is 1.50. The molecule has 1 N–H and O–H groups in total. The quantitative estimate of drug-likeness (QED) is 0.680. The Kier molecular flexibility index (Phi) is 1.94. The summed E-state index contributed by atoms with van der Waals surface area (Å²) in [5.41, 5.74) is 2.00. The van der Waals surface area contributed by atoms with E-state index < -0.39 is 0 Å². The molecular weight excluding hydrogens is 128 g/mol. The molecule has 0 aliphatic carbocycles. The number of rotatable bonds is 2. The van der Waals surface area contributed by atoms with Gasteiger partial charge in [-0.05, 0) is 13.3 Å². The highest BCUT2D eigenvalue weighted by molar-refractivity contribution is 5.31.